The largest absolute Gasteiger partial charge is 0.397 e. The molecule has 7 heteroatoms. The Kier molecular flexibility index (Phi) is 4.81. The molecular formula is C21H25N7. The second kappa shape index (κ2) is 7.42. The lowest BCUT2D eigenvalue weighted by molar-refractivity contribution is 0.703. The monoisotopic (exact) mass is 375 g/mol. The third kappa shape index (κ3) is 3.60. The molecule has 0 bridgehead atoms. The van der Waals surface area contributed by atoms with E-state index in [0.29, 0.717) is 0 Å². The van der Waals surface area contributed by atoms with Gasteiger partial charge in [0, 0.05) is 43.0 Å². The highest BCUT2D eigenvalue weighted by Crippen LogP contribution is 2.32. The van der Waals surface area contributed by atoms with Gasteiger partial charge in [0.1, 0.15) is 18.0 Å². The van der Waals surface area contributed by atoms with Crippen LogP contribution in [0.15, 0.2) is 36.9 Å². The fourth-order valence-corrected chi connectivity index (χ4v) is 3.55. The number of hydrogen-bond acceptors (Lipinski definition) is 7. The third-order valence-corrected chi connectivity index (χ3v) is 5.18. The molecule has 0 unspecified atom stereocenters. The quantitative estimate of drug-likeness (QED) is 0.676. The van der Waals surface area contributed by atoms with E-state index in [2.05, 4.69) is 56.1 Å². The molecule has 2 aromatic heterocycles. The summed E-state index contributed by atoms with van der Waals surface area (Å²) in [5.41, 5.74) is 12.5. The van der Waals surface area contributed by atoms with E-state index in [-0.39, 0.29) is 6.04 Å². The maximum atomic E-state index is 6.28. The van der Waals surface area contributed by atoms with Crippen LogP contribution >= 0.6 is 0 Å². The van der Waals surface area contributed by atoms with Gasteiger partial charge in [-0.25, -0.2) is 19.9 Å². The molecule has 0 radical (unpaired) electrons. The molecule has 1 aliphatic rings. The molecule has 1 atom stereocenters. The van der Waals surface area contributed by atoms with Crippen molar-refractivity contribution in [1.82, 2.24) is 19.9 Å². The Hall–Kier alpha value is -3.22. The molecule has 28 heavy (non-hydrogen) atoms. The van der Waals surface area contributed by atoms with Crippen LogP contribution in [0.25, 0.3) is 0 Å². The van der Waals surface area contributed by atoms with Crippen LogP contribution in [0.5, 0.6) is 0 Å². The molecule has 3 N–H and O–H groups in total. The molecule has 0 aliphatic carbocycles. The van der Waals surface area contributed by atoms with E-state index in [1.807, 2.05) is 25.4 Å². The summed E-state index contributed by atoms with van der Waals surface area (Å²) in [6, 6.07) is 6.25. The van der Waals surface area contributed by atoms with Gasteiger partial charge in [-0.15, -0.1) is 0 Å². The van der Waals surface area contributed by atoms with Gasteiger partial charge >= 0.3 is 0 Å². The van der Waals surface area contributed by atoms with Gasteiger partial charge in [-0.05, 0) is 38.5 Å². The Morgan fingerprint density at radius 1 is 1.11 bits per heavy atom. The molecule has 0 saturated carbocycles. The predicted molar refractivity (Wildman–Crippen MR) is 111 cm³/mol. The van der Waals surface area contributed by atoms with Crippen molar-refractivity contribution < 1.29 is 0 Å². The van der Waals surface area contributed by atoms with Crippen LogP contribution < -0.4 is 16.0 Å². The molecule has 3 aromatic rings. The van der Waals surface area contributed by atoms with Gasteiger partial charge in [0.25, 0.3) is 0 Å². The average molecular weight is 375 g/mol. The van der Waals surface area contributed by atoms with Gasteiger partial charge < -0.3 is 16.0 Å². The second-order valence-electron chi connectivity index (χ2n) is 7.31. The van der Waals surface area contributed by atoms with Gasteiger partial charge in [-0.1, -0.05) is 6.07 Å². The number of nitrogen functional groups attached to an aromatic ring is 1. The second-order valence-corrected chi connectivity index (χ2v) is 7.31. The number of nitrogens with zero attached hydrogens (tertiary/aromatic N) is 5. The van der Waals surface area contributed by atoms with Crippen LogP contribution in [0.3, 0.4) is 0 Å². The zero-order chi connectivity index (χ0) is 19.7. The highest BCUT2D eigenvalue weighted by atomic mass is 15.2. The van der Waals surface area contributed by atoms with Crippen molar-refractivity contribution in [3.8, 4) is 0 Å². The molecule has 4 rings (SSSR count). The summed E-state index contributed by atoms with van der Waals surface area (Å²) >= 11 is 0. The number of fused-ring (bicyclic) bond motifs is 1. The van der Waals surface area contributed by atoms with Gasteiger partial charge in [0.2, 0.25) is 0 Å². The van der Waals surface area contributed by atoms with E-state index in [4.69, 9.17) is 5.73 Å². The van der Waals surface area contributed by atoms with E-state index in [9.17, 15) is 0 Å². The van der Waals surface area contributed by atoms with E-state index < -0.39 is 0 Å². The lowest BCUT2D eigenvalue weighted by Gasteiger charge is -2.32. The van der Waals surface area contributed by atoms with Crippen molar-refractivity contribution in [2.24, 2.45) is 0 Å². The van der Waals surface area contributed by atoms with Crippen molar-refractivity contribution in [2.45, 2.75) is 39.8 Å². The average Bonchev–Trinajstić information content (AvgIpc) is 2.68. The van der Waals surface area contributed by atoms with Crippen molar-refractivity contribution >= 4 is 17.2 Å². The van der Waals surface area contributed by atoms with E-state index >= 15 is 0 Å². The smallest absolute Gasteiger partial charge is 0.135 e. The predicted octanol–water partition coefficient (Wildman–Crippen LogP) is 3.20. The molecule has 0 saturated heterocycles. The van der Waals surface area contributed by atoms with Gasteiger partial charge in [0.05, 0.1) is 23.1 Å². The summed E-state index contributed by atoms with van der Waals surface area (Å²) in [7, 11) is 0. The van der Waals surface area contributed by atoms with E-state index in [1.54, 1.807) is 6.33 Å². The number of anilines is 3. The summed E-state index contributed by atoms with van der Waals surface area (Å²) in [6.45, 7) is 7.63. The minimum Gasteiger partial charge on any atom is -0.397 e. The number of benzene rings is 1. The number of aromatic nitrogens is 4. The fraction of sp³-hybridized carbons (Fsp3) is 0.333. The summed E-state index contributed by atoms with van der Waals surface area (Å²) in [5, 5.41) is 3.51. The van der Waals surface area contributed by atoms with Crippen LogP contribution in [0.2, 0.25) is 0 Å². The SMILES string of the molecule is Cc1ccc(N2CCc3ncnc(N[C@H](C)c4cnc(C)nc4)c3C2)c(N)c1. The van der Waals surface area contributed by atoms with Crippen molar-refractivity contribution in [2.75, 3.05) is 22.5 Å². The highest BCUT2D eigenvalue weighted by Gasteiger charge is 2.23. The lowest BCUT2D eigenvalue weighted by Crippen LogP contribution is -2.32. The maximum absolute atomic E-state index is 6.28. The zero-order valence-corrected chi connectivity index (χ0v) is 16.5. The highest BCUT2D eigenvalue weighted by molar-refractivity contribution is 5.69. The molecule has 1 aromatic carbocycles. The van der Waals surface area contributed by atoms with Crippen LogP contribution in [0.1, 0.15) is 41.2 Å². The first kappa shape index (κ1) is 18.2. The first-order chi connectivity index (χ1) is 13.5. The van der Waals surface area contributed by atoms with Crippen LogP contribution in [0.4, 0.5) is 17.2 Å². The Morgan fingerprint density at radius 2 is 1.89 bits per heavy atom. The molecule has 1 aliphatic heterocycles. The zero-order valence-electron chi connectivity index (χ0n) is 16.5. The standard InChI is InChI=1S/C21H25N7/c1-13-4-5-20(18(22)8-13)28-7-6-19-17(11-28)21(26-12-25-19)27-14(2)16-9-23-15(3)24-10-16/h4-5,8-10,12,14H,6-7,11,22H2,1-3H3,(H,25,26,27)/t14-/m1/s1. The molecule has 0 spiro atoms. The fourth-order valence-electron chi connectivity index (χ4n) is 3.55. The number of hydrogen-bond donors (Lipinski definition) is 2. The Labute approximate surface area is 165 Å². The van der Waals surface area contributed by atoms with Crippen molar-refractivity contribution in [3.63, 3.8) is 0 Å². The summed E-state index contributed by atoms with van der Waals surface area (Å²) in [5.74, 6) is 1.62. The minimum absolute atomic E-state index is 0.0411. The number of nitrogens with one attached hydrogen (secondary N) is 1. The molecule has 0 fully saturated rings. The molecule has 144 valence electrons. The van der Waals surface area contributed by atoms with E-state index in [1.165, 1.54) is 5.56 Å². The normalized spacial score (nSPS) is 14.5. The van der Waals surface area contributed by atoms with Crippen LogP contribution in [-0.4, -0.2) is 26.5 Å². The van der Waals surface area contributed by atoms with Gasteiger partial charge in [0.15, 0.2) is 0 Å². The van der Waals surface area contributed by atoms with Crippen molar-refractivity contribution in [1.29, 1.82) is 0 Å². The van der Waals surface area contributed by atoms with Gasteiger partial charge in [-0.3, -0.25) is 0 Å². The van der Waals surface area contributed by atoms with Crippen molar-refractivity contribution in [3.05, 3.63) is 65.1 Å². The summed E-state index contributed by atoms with van der Waals surface area (Å²) in [4.78, 5) is 19.9. The molecule has 0 amide bonds. The molecule has 3 heterocycles. The lowest BCUT2D eigenvalue weighted by atomic mass is 10.0. The number of rotatable bonds is 4. The van der Waals surface area contributed by atoms with E-state index in [0.717, 1.165) is 59.3 Å². The summed E-state index contributed by atoms with van der Waals surface area (Å²) in [6.07, 6.45) is 6.21. The number of nitrogens with two attached hydrogens (primary N) is 1. The Balaban J connectivity index is 1.59. The van der Waals surface area contributed by atoms with Crippen LogP contribution in [-0.2, 0) is 13.0 Å². The first-order valence-corrected chi connectivity index (χ1v) is 9.50. The first-order valence-electron chi connectivity index (χ1n) is 9.50. The molecular weight excluding hydrogens is 350 g/mol. The number of aryl methyl sites for hydroxylation is 2. The molecule has 7 nitrogen and oxygen atoms in total. The Bertz CT molecular complexity index is 985. The minimum atomic E-state index is 0.0411. The topological polar surface area (TPSA) is 92.9 Å². The Morgan fingerprint density at radius 3 is 2.64 bits per heavy atom. The van der Waals surface area contributed by atoms with Gasteiger partial charge in [-0.2, -0.15) is 0 Å². The third-order valence-electron chi connectivity index (χ3n) is 5.18. The summed E-state index contributed by atoms with van der Waals surface area (Å²) < 4.78 is 0. The maximum Gasteiger partial charge on any atom is 0.135 e. The van der Waals surface area contributed by atoms with Crippen LogP contribution in [0, 0.1) is 13.8 Å².